The van der Waals surface area contributed by atoms with Crippen molar-refractivity contribution in [3.05, 3.63) is 39.0 Å². The molecule has 0 amide bonds. The molecule has 7 heteroatoms. The highest BCUT2D eigenvalue weighted by atomic mass is 79.9. The van der Waals surface area contributed by atoms with Gasteiger partial charge in [-0.2, -0.15) is 0 Å². The molecule has 0 unspecified atom stereocenters. The number of sulfonamides is 1. The van der Waals surface area contributed by atoms with Gasteiger partial charge >= 0.3 is 0 Å². The zero-order chi connectivity index (χ0) is 13.3. The summed E-state index contributed by atoms with van der Waals surface area (Å²) in [6, 6.07) is 7.43. The molecule has 2 aromatic rings. The number of aromatic hydroxyl groups is 1. The number of nitrogens with one attached hydrogen (secondary N) is 1. The van der Waals surface area contributed by atoms with E-state index in [0.29, 0.717) is 10.6 Å². The molecule has 2 N–H and O–H groups in total. The summed E-state index contributed by atoms with van der Waals surface area (Å²) in [5, 5.41) is 9.14. The van der Waals surface area contributed by atoms with Gasteiger partial charge in [-0.25, -0.2) is 8.42 Å². The lowest BCUT2D eigenvalue weighted by atomic mass is 10.3. The highest BCUT2D eigenvalue weighted by molar-refractivity contribution is 9.11. The molecule has 4 nitrogen and oxygen atoms in total. The molecule has 1 heterocycles. The Kier molecular flexibility index (Phi) is 3.65. The van der Waals surface area contributed by atoms with Gasteiger partial charge in [0.1, 0.15) is 10.6 Å². The van der Waals surface area contributed by atoms with Gasteiger partial charge in [0.25, 0.3) is 10.0 Å². The Morgan fingerprint density at radius 3 is 2.39 bits per heavy atom. The van der Waals surface area contributed by atoms with E-state index in [0.717, 1.165) is 3.79 Å². The second-order valence-electron chi connectivity index (χ2n) is 3.62. The summed E-state index contributed by atoms with van der Waals surface area (Å²) in [6.07, 6.45) is 0. The van der Waals surface area contributed by atoms with Gasteiger partial charge in [0, 0.05) is 10.6 Å². The van der Waals surface area contributed by atoms with Crippen LogP contribution in [0.3, 0.4) is 0 Å². The maximum absolute atomic E-state index is 12.1. The molecule has 0 fully saturated rings. The van der Waals surface area contributed by atoms with Crippen molar-refractivity contribution in [3.63, 3.8) is 0 Å². The van der Waals surface area contributed by atoms with E-state index in [1.165, 1.54) is 35.6 Å². The molecule has 0 spiro atoms. The molecule has 0 radical (unpaired) electrons. The maximum atomic E-state index is 12.1. The second kappa shape index (κ2) is 4.91. The lowest BCUT2D eigenvalue weighted by Crippen LogP contribution is -2.12. The average molecular weight is 348 g/mol. The number of phenols is 1. The summed E-state index contributed by atoms with van der Waals surface area (Å²) >= 11 is 4.63. The summed E-state index contributed by atoms with van der Waals surface area (Å²) < 4.78 is 27.5. The monoisotopic (exact) mass is 347 g/mol. The number of phenolic OH excluding ortho intramolecular Hbond substituents is 1. The topological polar surface area (TPSA) is 66.4 Å². The van der Waals surface area contributed by atoms with Crippen molar-refractivity contribution in [1.82, 2.24) is 0 Å². The predicted octanol–water partition coefficient (Wildman–Crippen LogP) is 3.33. The minimum Gasteiger partial charge on any atom is -0.508 e. The van der Waals surface area contributed by atoms with Gasteiger partial charge in [-0.3, -0.25) is 4.72 Å². The van der Waals surface area contributed by atoms with Crippen molar-refractivity contribution in [1.29, 1.82) is 0 Å². The fourth-order valence-electron chi connectivity index (χ4n) is 1.44. The lowest BCUT2D eigenvalue weighted by Gasteiger charge is -2.07. The summed E-state index contributed by atoms with van der Waals surface area (Å²) in [4.78, 5) is 0.973. The Morgan fingerprint density at radius 1 is 1.28 bits per heavy atom. The average Bonchev–Trinajstić information content (AvgIpc) is 2.62. The third-order valence-corrected chi connectivity index (χ3v) is 5.44. The van der Waals surface area contributed by atoms with Crippen molar-refractivity contribution in [3.8, 4) is 5.75 Å². The summed E-state index contributed by atoms with van der Waals surface area (Å²) in [7, 11) is -3.59. The van der Waals surface area contributed by atoms with Crippen LogP contribution in [0.4, 0.5) is 5.69 Å². The molecule has 18 heavy (non-hydrogen) atoms. The van der Waals surface area contributed by atoms with Gasteiger partial charge in [-0.1, -0.05) is 0 Å². The van der Waals surface area contributed by atoms with Crippen LogP contribution >= 0.6 is 27.3 Å². The van der Waals surface area contributed by atoms with Crippen LogP contribution in [0.25, 0.3) is 0 Å². The lowest BCUT2D eigenvalue weighted by molar-refractivity contribution is 0.475. The number of thiophene rings is 1. The van der Waals surface area contributed by atoms with E-state index in [4.69, 9.17) is 5.11 Å². The number of aryl methyl sites for hydroxylation is 1. The molecule has 1 aromatic heterocycles. The third-order valence-electron chi connectivity index (χ3n) is 2.25. The summed E-state index contributed by atoms with van der Waals surface area (Å²) in [5.41, 5.74) is 0.412. The van der Waals surface area contributed by atoms with E-state index in [1.807, 2.05) is 0 Å². The number of benzene rings is 1. The zero-order valence-corrected chi connectivity index (χ0v) is 12.6. The number of rotatable bonds is 3. The van der Waals surface area contributed by atoms with Crippen LogP contribution in [-0.4, -0.2) is 13.5 Å². The first-order valence-corrected chi connectivity index (χ1v) is 8.05. The maximum Gasteiger partial charge on any atom is 0.263 e. The first-order chi connectivity index (χ1) is 8.38. The smallest absolute Gasteiger partial charge is 0.263 e. The van der Waals surface area contributed by atoms with E-state index >= 15 is 0 Å². The van der Waals surface area contributed by atoms with Crippen LogP contribution in [0.5, 0.6) is 5.75 Å². The highest BCUT2D eigenvalue weighted by Gasteiger charge is 2.19. The van der Waals surface area contributed by atoms with Crippen molar-refractivity contribution in [2.24, 2.45) is 0 Å². The normalized spacial score (nSPS) is 11.4. The number of anilines is 1. The van der Waals surface area contributed by atoms with Crippen molar-refractivity contribution in [2.75, 3.05) is 4.72 Å². The summed E-state index contributed by atoms with van der Waals surface area (Å²) in [6.45, 7) is 1.75. The van der Waals surface area contributed by atoms with Crippen molar-refractivity contribution >= 4 is 43.0 Å². The molecule has 0 bridgehead atoms. The fraction of sp³-hybridized carbons (Fsp3) is 0.0909. The van der Waals surface area contributed by atoms with Gasteiger partial charge < -0.3 is 5.11 Å². The van der Waals surface area contributed by atoms with Gasteiger partial charge in [0.05, 0.1) is 3.79 Å². The molecule has 96 valence electrons. The Hall–Kier alpha value is -1.05. The molecule has 2 rings (SSSR count). The Bertz CT molecular complexity index is 662. The minimum atomic E-state index is -3.59. The van der Waals surface area contributed by atoms with Crippen LogP contribution in [0.15, 0.2) is 39.0 Å². The Labute approximate surface area is 117 Å². The molecule has 0 saturated heterocycles. The van der Waals surface area contributed by atoms with E-state index in [-0.39, 0.29) is 10.6 Å². The van der Waals surface area contributed by atoms with Crippen LogP contribution in [0.2, 0.25) is 0 Å². The quantitative estimate of drug-likeness (QED) is 0.837. The molecule has 0 atom stereocenters. The molecular formula is C11H10BrNO3S2. The predicted molar refractivity (Wildman–Crippen MR) is 75.7 cm³/mol. The van der Waals surface area contributed by atoms with Crippen LogP contribution < -0.4 is 4.72 Å². The van der Waals surface area contributed by atoms with Gasteiger partial charge in [0.15, 0.2) is 0 Å². The zero-order valence-electron chi connectivity index (χ0n) is 9.34. The van der Waals surface area contributed by atoms with Gasteiger partial charge in [-0.05, 0) is 53.2 Å². The van der Waals surface area contributed by atoms with E-state index in [2.05, 4.69) is 20.7 Å². The molecular weight excluding hydrogens is 338 g/mol. The molecule has 0 aliphatic carbocycles. The third kappa shape index (κ3) is 2.85. The highest BCUT2D eigenvalue weighted by Crippen LogP contribution is 2.30. The van der Waals surface area contributed by atoms with E-state index in [1.54, 1.807) is 13.0 Å². The largest absolute Gasteiger partial charge is 0.508 e. The number of hydrogen-bond donors (Lipinski definition) is 2. The summed E-state index contributed by atoms with van der Waals surface area (Å²) in [5.74, 6) is 0.0902. The molecule has 0 aliphatic rings. The second-order valence-corrected chi connectivity index (χ2v) is 7.91. The van der Waals surface area contributed by atoms with E-state index in [9.17, 15) is 8.42 Å². The molecule has 1 aromatic carbocycles. The number of halogens is 1. The van der Waals surface area contributed by atoms with E-state index < -0.39 is 10.0 Å². The molecule has 0 saturated carbocycles. The van der Waals surface area contributed by atoms with Crippen LogP contribution in [-0.2, 0) is 10.0 Å². The van der Waals surface area contributed by atoms with Crippen LogP contribution in [0, 0.1) is 6.92 Å². The van der Waals surface area contributed by atoms with Gasteiger partial charge in [-0.15, -0.1) is 11.3 Å². The van der Waals surface area contributed by atoms with Crippen LogP contribution in [0.1, 0.15) is 4.88 Å². The fourth-order valence-corrected chi connectivity index (χ4v) is 4.91. The Balaban J connectivity index is 2.33. The Morgan fingerprint density at radius 2 is 1.89 bits per heavy atom. The number of hydrogen-bond acceptors (Lipinski definition) is 4. The minimum absolute atomic E-state index is 0.0902. The van der Waals surface area contributed by atoms with Crippen molar-refractivity contribution < 1.29 is 13.5 Å². The SMILES string of the molecule is Cc1sc(Br)cc1S(=O)(=O)Nc1ccc(O)cc1. The van der Waals surface area contributed by atoms with Gasteiger partial charge in [0.2, 0.25) is 0 Å². The standard InChI is InChI=1S/C11H10BrNO3S2/c1-7-10(6-11(12)17-7)18(15,16)13-8-2-4-9(14)5-3-8/h2-6,13-14H,1H3. The molecule has 0 aliphatic heterocycles. The first-order valence-electron chi connectivity index (χ1n) is 4.96. The van der Waals surface area contributed by atoms with Crippen molar-refractivity contribution in [2.45, 2.75) is 11.8 Å². The first kappa shape index (κ1) is 13.4.